The van der Waals surface area contributed by atoms with Crippen LogP contribution in [0.25, 0.3) is 22.6 Å². The number of fused-ring (bicyclic) bond motifs is 1. The zero-order valence-corrected chi connectivity index (χ0v) is 13.1. The van der Waals surface area contributed by atoms with Crippen molar-refractivity contribution < 1.29 is 14.3 Å². The SMILES string of the molecule is O=C(O)c1cccc2oc(-c3cc(Br)ccc3Br)nc12. The van der Waals surface area contributed by atoms with Gasteiger partial charge in [-0.05, 0) is 46.3 Å². The number of benzene rings is 2. The van der Waals surface area contributed by atoms with Gasteiger partial charge in [-0.3, -0.25) is 0 Å². The minimum Gasteiger partial charge on any atom is -0.478 e. The van der Waals surface area contributed by atoms with Crippen molar-refractivity contribution in [2.24, 2.45) is 0 Å². The average Bonchev–Trinajstić information content (AvgIpc) is 2.84. The number of carboxylic acid groups (broad SMARTS) is 1. The third-order valence-corrected chi connectivity index (χ3v) is 3.99. The topological polar surface area (TPSA) is 63.3 Å². The van der Waals surface area contributed by atoms with Gasteiger partial charge in [-0.15, -0.1) is 0 Å². The Morgan fingerprint density at radius 1 is 1.20 bits per heavy atom. The molecular formula is C14H7Br2NO3. The number of rotatable bonds is 2. The van der Waals surface area contributed by atoms with E-state index in [-0.39, 0.29) is 5.56 Å². The van der Waals surface area contributed by atoms with Crippen molar-refractivity contribution in [2.45, 2.75) is 0 Å². The van der Waals surface area contributed by atoms with Crippen molar-refractivity contribution >= 4 is 48.9 Å². The van der Waals surface area contributed by atoms with Crippen molar-refractivity contribution in [3.05, 3.63) is 50.9 Å². The van der Waals surface area contributed by atoms with Crippen molar-refractivity contribution in [3.8, 4) is 11.5 Å². The largest absolute Gasteiger partial charge is 0.478 e. The normalized spacial score (nSPS) is 10.9. The van der Waals surface area contributed by atoms with Crippen LogP contribution >= 0.6 is 31.9 Å². The van der Waals surface area contributed by atoms with E-state index in [0.29, 0.717) is 17.0 Å². The molecule has 0 aliphatic carbocycles. The number of halogens is 2. The number of carboxylic acids is 1. The summed E-state index contributed by atoms with van der Waals surface area (Å²) in [7, 11) is 0. The predicted molar refractivity (Wildman–Crippen MR) is 81.8 cm³/mol. The van der Waals surface area contributed by atoms with Crippen LogP contribution in [0.15, 0.2) is 49.8 Å². The second-order valence-electron chi connectivity index (χ2n) is 4.10. The van der Waals surface area contributed by atoms with E-state index in [1.807, 2.05) is 18.2 Å². The van der Waals surface area contributed by atoms with E-state index < -0.39 is 5.97 Å². The molecular weight excluding hydrogens is 390 g/mol. The van der Waals surface area contributed by atoms with Gasteiger partial charge < -0.3 is 9.52 Å². The van der Waals surface area contributed by atoms with Gasteiger partial charge in [0.1, 0.15) is 5.52 Å². The molecule has 100 valence electrons. The van der Waals surface area contributed by atoms with Gasteiger partial charge in [-0.2, -0.15) is 0 Å². The first-order valence-corrected chi connectivity index (χ1v) is 7.23. The summed E-state index contributed by atoms with van der Waals surface area (Å²) < 4.78 is 7.36. The molecule has 0 unspecified atom stereocenters. The molecule has 0 saturated heterocycles. The number of aromatic nitrogens is 1. The van der Waals surface area contributed by atoms with Crippen molar-refractivity contribution in [1.82, 2.24) is 4.98 Å². The molecule has 0 amide bonds. The molecule has 4 nitrogen and oxygen atoms in total. The summed E-state index contributed by atoms with van der Waals surface area (Å²) in [4.78, 5) is 15.5. The van der Waals surface area contributed by atoms with Crippen LogP contribution in [0.3, 0.4) is 0 Å². The molecule has 0 spiro atoms. The molecule has 1 aromatic heterocycles. The van der Waals surface area contributed by atoms with E-state index in [1.165, 1.54) is 6.07 Å². The Kier molecular flexibility index (Phi) is 3.35. The lowest BCUT2D eigenvalue weighted by molar-refractivity contribution is 0.0699. The number of carbonyl (C=O) groups is 1. The van der Waals surface area contributed by atoms with Crippen LogP contribution < -0.4 is 0 Å². The van der Waals surface area contributed by atoms with Gasteiger partial charge in [0, 0.05) is 8.95 Å². The lowest BCUT2D eigenvalue weighted by Crippen LogP contribution is -1.96. The standard InChI is InChI=1S/C14H7Br2NO3/c15-7-4-5-10(16)9(6-7)13-17-12-8(14(18)19)2-1-3-11(12)20-13/h1-6H,(H,18,19). The van der Waals surface area contributed by atoms with Gasteiger partial charge in [0.2, 0.25) is 5.89 Å². The molecule has 6 heteroatoms. The monoisotopic (exact) mass is 395 g/mol. The maximum atomic E-state index is 11.2. The van der Waals surface area contributed by atoms with Gasteiger partial charge in [0.05, 0.1) is 11.1 Å². The summed E-state index contributed by atoms with van der Waals surface area (Å²) in [5.74, 6) is -0.648. The van der Waals surface area contributed by atoms with Gasteiger partial charge in [0.15, 0.2) is 5.58 Å². The molecule has 0 bridgehead atoms. The molecule has 0 atom stereocenters. The van der Waals surface area contributed by atoms with E-state index in [0.717, 1.165) is 14.5 Å². The van der Waals surface area contributed by atoms with Crippen LogP contribution in [0.2, 0.25) is 0 Å². The second-order valence-corrected chi connectivity index (χ2v) is 5.87. The van der Waals surface area contributed by atoms with Crippen LogP contribution in [-0.2, 0) is 0 Å². The highest BCUT2D eigenvalue weighted by atomic mass is 79.9. The number of hydrogen-bond acceptors (Lipinski definition) is 3. The number of nitrogens with zero attached hydrogens (tertiary/aromatic N) is 1. The van der Waals surface area contributed by atoms with Crippen LogP contribution in [0.5, 0.6) is 0 Å². The first-order chi connectivity index (χ1) is 9.56. The lowest BCUT2D eigenvalue weighted by atomic mass is 10.2. The highest BCUT2D eigenvalue weighted by Gasteiger charge is 2.16. The third kappa shape index (κ3) is 2.25. The zero-order chi connectivity index (χ0) is 14.3. The molecule has 0 fully saturated rings. The van der Waals surface area contributed by atoms with Gasteiger partial charge in [-0.1, -0.05) is 22.0 Å². The fraction of sp³-hybridized carbons (Fsp3) is 0. The van der Waals surface area contributed by atoms with Crippen LogP contribution in [0.1, 0.15) is 10.4 Å². The molecule has 20 heavy (non-hydrogen) atoms. The Bertz CT molecular complexity index is 826. The van der Waals surface area contributed by atoms with Gasteiger partial charge >= 0.3 is 5.97 Å². The molecule has 3 rings (SSSR count). The molecule has 1 heterocycles. The Morgan fingerprint density at radius 2 is 2.00 bits per heavy atom. The fourth-order valence-electron chi connectivity index (χ4n) is 1.90. The summed E-state index contributed by atoms with van der Waals surface area (Å²) in [6.45, 7) is 0. The molecule has 2 aromatic carbocycles. The highest BCUT2D eigenvalue weighted by molar-refractivity contribution is 9.11. The second kappa shape index (κ2) is 5.03. The lowest BCUT2D eigenvalue weighted by Gasteiger charge is -1.99. The smallest absolute Gasteiger partial charge is 0.338 e. The van der Waals surface area contributed by atoms with Crippen molar-refractivity contribution in [1.29, 1.82) is 0 Å². The van der Waals surface area contributed by atoms with Gasteiger partial charge in [0.25, 0.3) is 0 Å². The third-order valence-electron chi connectivity index (χ3n) is 2.81. The highest BCUT2D eigenvalue weighted by Crippen LogP contribution is 2.33. The van der Waals surface area contributed by atoms with E-state index in [1.54, 1.807) is 12.1 Å². The fourth-order valence-corrected chi connectivity index (χ4v) is 2.68. The van der Waals surface area contributed by atoms with E-state index in [4.69, 9.17) is 9.52 Å². The van der Waals surface area contributed by atoms with Crippen molar-refractivity contribution in [2.75, 3.05) is 0 Å². The maximum absolute atomic E-state index is 11.2. The summed E-state index contributed by atoms with van der Waals surface area (Å²) in [5, 5.41) is 9.16. The molecule has 0 aliphatic rings. The average molecular weight is 397 g/mol. The number of hydrogen-bond donors (Lipinski definition) is 1. The molecule has 0 aliphatic heterocycles. The Labute approximate surface area is 130 Å². The van der Waals surface area contributed by atoms with Gasteiger partial charge in [-0.25, -0.2) is 9.78 Å². The van der Waals surface area contributed by atoms with Crippen molar-refractivity contribution in [3.63, 3.8) is 0 Å². The van der Waals surface area contributed by atoms with Crippen LogP contribution in [-0.4, -0.2) is 16.1 Å². The maximum Gasteiger partial charge on any atom is 0.338 e. The Hall–Kier alpha value is -1.66. The quantitative estimate of drug-likeness (QED) is 0.680. The Balaban J connectivity index is 2.26. The molecule has 3 aromatic rings. The first kappa shape index (κ1) is 13.3. The predicted octanol–water partition coefficient (Wildman–Crippen LogP) is 4.72. The molecule has 1 N–H and O–H groups in total. The van der Waals surface area contributed by atoms with Crippen LogP contribution in [0.4, 0.5) is 0 Å². The zero-order valence-electron chi connectivity index (χ0n) is 9.93. The van der Waals surface area contributed by atoms with E-state index in [9.17, 15) is 4.79 Å². The summed E-state index contributed by atoms with van der Waals surface area (Å²) in [5.41, 5.74) is 1.68. The van der Waals surface area contributed by atoms with E-state index in [2.05, 4.69) is 36.8 Å². The van der Waals surface area contributed by atoms with Crippen LogP contribution in [0, 0.1) is 0 Å². The van der Waals surface area contributed by atoms with E-state index >= 15 is 0 Å². The summed E-state index contributed by atoms with van der Waals surface area (Å²) >= 11 is 6.83. The summed E-state index contributed by atoms with van der Waals surface area (Å²) in [6, 6.07) is 10.5. The number of aromatic carboxylic acids is 1. The minimum absolute atomic E-state index is 0.128. The minimum atomic E-state index is -1.02. The first-order valence-electron chi connectivity index (χ1n) is 5.64. The number of oxazole rings is 1. The Morgan fingerprint density at radius 3 is 2.75 bits per heavy atom. The molecule has 0 radical (unpaired) electrons. The summed E-state index contributed by atoms with van der Waals surface area (Å²) in [6.07, 6.45) is 0. The number of para-hydroxylation sites is 1. The molecule has 0 saturated carbocycles.